The third-order valence-electron chi connectivity index (χ3n) is 2.87. The van der Waals surface area contributed by atoms with Gasteiger partial charge in [0.2, 0.25) is 0 Å². The molecule has 0 aliphatic heterocycles. The molecule has 0 fully saturated rings. The summed E-state index contributed by atoms with van der Waals surface area (Å²) >= 11 is 3.34. The van der Waals surface area contributed by atoms with Gasteiger partial charge in [0.15, 0.2) is 18.1 Å². The molecule has 1 aromatic carbocycles. The summed E-state index contributed by atoms with van der Waals surface area (Å²) in [5, 5.41) is 4.00. The van der Waals surface area contributed by atoms with E-state index in [1.165, 1.54) is 7.11 Å². The van der Waals surface area contributed by atoms with E-state index in [2.05, 4.69) is 31.4 Å². The van der Waals surface area contributed by atoms with Crippen LogP contribution in [0.2, 0.25) is 0 Å². The minimum absolute atomic E-state index is 0.170. The Bertz CT molecular complexity index is 705. The van der Waals surface area contributed by atoms with Crippen molar-refractivity contribution in [3.05, 3.63) is 52.8 Å². The molecule has 6 nitrogen and oxygen atoms in total. The number of amides is 1. The van der Waals surface area contributed by atoms with Crippen LogP contribution in [0.4, 0.5) is 0 Å². The average Bonchev–Trinajstić information content (AvgIpc) is 2.59. The molecule has 0 aliphatic rings. The van der Waals surface area contributed by atoms with Crippen LogP contribution in [0.25, 0.3) is 0 Å². The van der Waals surface area contributed by atoms with Crippen LogP contribution in [0.3, 0.4) is 0 Å². The van der Waals surface area contributed by atoms with E-state index >= 15 is 0 Å². The standard InChI is InChI=1S/C16H16BrN3O3/c1-11(13-5-3-4-8-18-13)19-20-16(21)10-23-14-7-6-12(17)9-15(14)22-2/h3-9H,10H2,1-2H3,(H,20,21)/b19-11+. The molecule has 0 radical (unpaired) electrons. The predicted molar refractivity (Wildman–Crippen MR) is 90.8 cm³/mol. The summed E-state index contributed by atoms with van der Waals surface area (Å²) in [7, 11) is 1.54. The lowest BCUT2D eigenvalue weighted by atomic mass is 10.3. The lowest BCUT2D eigenvalue weighted by Crippen LogP contribution is -2.25. The largest absolute Gasteiger partial charge is 0.493 e. The maximum Gasteiger partial charge on any atom is 0.277 e. The second kappa shape index (κ2) is 8.28. The Kier molecular flexibility index (Phi) is 6.10. The molecule has 1 amide bonds. The van der Waals surface area contributed by atoms with E-state index in [-0.39, 0.29) is 12.5 Å². The molecule has 120 valence electrons. The Hall–Kier alpha value is -2.41. The highest BCUT2D eigenvalue weighted by Crippen LogP contribution is 2.29. The molecule has 2 rings (SSSR count). The van der Waals surface area contributed by atoms with Crippen molar-refractivity contribution in [2.75, 3.05) is 13.7 Å². The van der Waals surface area contributed by atoms with Gasteiger partial charge in [0.05, 0.1) is 18.5 Å². The lowest BCUT2D eigenvalue weighted by molar-refractivity contribution is -0.123. The number of rotatable bonds is 6. The van der Waals surface area contributed by atoms with Crippen molar-refractivity contribution in [3.63, 3.8) is 0 Å². The second-order valence-electron chi connectivity index (χ2n) is 4.53. The zero-order chi connectivity index (χ0) is 16.7. The molecule has 0 saturated carbocycles. The number of halogens is 1. The molecule has 0 saturated heterocycles. The molecule has 2 aromatic rings. The van der Waals surface area contributed by atoms with Crippen molar-refractivity contribution in [1.29, 1.82) is 0 Å². The maximum atomic E-state index is 11.8. The predicted octanol–water partition coefficient (Wildman–Crippen LogP) is 2.77. The Morgan fingerprint density at radius 2 is 2.13 bits per heavy atom. The fraction of sp³-hybridized carbons (Fsp3) is 0.188. The van der Waals surface area contributed by atoms with E-state index in [9.17, 15) is 4.79 Å². The number of methoxy groups -OCH3 is 1. The molecule has 0 atom stereocenters. The molecule has 0 spiro atoms. The van der Waals surface area contributed by atoms with E-state index in [4.69, 9.17) is 9.47 Å². The average molecular weight is 378 g/mol. The molecule has 0 bridgehead atoms. The number of hydrogen-bond donors (Lipinski definition) is 1. The minimum Gasteiger partial charge on any atom is -0.493 e. The molecular weight excluding hydrogens is 362 g/mol. The summed E-state index contributed by atoms with van der Waals surface area (Å²) in [4.78, 5) is 16.0. The first-order chi connectivity index (χ1) is 11.1. The normalized spacial score (nSPS) is 11.0. The molecular formula is C16H16BrN3O3. The summed E-state index contributed by atoms with van der Waals surface area (Å²) in [6.45, 7) is 1.60. The van der Waals surface area contributed by atoms with Gasteiger partial charge in [-0.05, 0) is 37.3 Å². The number of pyridine rings is 1. The zero-order valence-electron chi connectivity index (χ0n) is 12.7. The number of aromatic nitrogens is 1. The van der Waals surface area contributed by atoms with E-state index in [0.717, 1.165) is 4.47 Å². The SMILES string of the molecule is COc1cc(Br)ccc1OCC(=O)N/N=C(\C)c1ccccn1. The number of benzene rings is 1. The van der Waals surface area contributed by atoms with E-state index in [1.54, 1.807) is 31.3 Å². The molecule has 0 aliphatic carbocycles. The van der Waals surface area contributed by atoms with Gasteiger partial charge in [0, 0.05) is 10.7 Å². The van der Waals surface area contributed by atoms with Crippen LogP contribution in [0.15, 0.2) is 52.2 Å². The number of hydrazone groups is 1. The summed E-state index contributed by atoms with van der Waals surface area (Å²) in [6.07, 6.45) is 1.67. The maximum absolute atomic E-state index is 11.8. The third kappa shape index (κ3) is 5.07. The molecule has 23 heavy (non-hydrogen) atoms. The van der Waals surface area contributed by atoms with E-state index in [0.29, 0.717) is 22.9 Å². The van der Waals surface area contributed by atoms with Gasteiger partial charge in [-0.25, -0.2) is 5.43 Å². The first-order valence-corrected chi connectivity index (χ1v) is 7.60. The highest BCUT2D eigenvalue weighted by Gasteiger charge is 2.08. The summed E-state index contributed by atoms with van der Waals surface area (Å²) in [5.74, 6) is 0.655. The van der Waals surface area contributed by atoms with Gasteiger partial charge in [0.1, 0.15) is 0 Å². The fourth-order valence-electron chi connectivity index (χ4n) is 1.72. The van der Waals surface area contributed by atoms with Crippen molar-refractivity contribution in [1.82, 2.24) is 10.4 Å². The van der Waals surface area contributed by atoms with Crippen LogP contribution in [-0.4, -0.2) is 30.3 Å². The van der Waals surface area contributed by atoms with Crippen LogP contribution in [-0.2, 0) is 4.79 Å². The summed E-state index contributed by atoms with van der Waals surface area (Å²) in [6, 6.07) is 10.8. The smallest absolute Gasteiger partial charge is 0.277 e. The molecule has 1 aromatic heterocycles. The van der Waals surface area contributed by atoms with Crippen molar-refractivity contribution in [2.45, 2.75) is 6.92 Å². The van der Waals surface area contributed by atoms with Gasteiger partial charge in [-0.3, -0.25) is 9.78 Å². The minimum atomic E-state index is -0.370. The van der Waals surface area contributed by atoms with Gasteiger partial charge < -0.3 is 9.47 Å². The number of carbonyl (C=O) groups is 1. The number of hydrogen-bond acceptors (Lipinski definition) is 5. The first-order valence-electron chi connectivity index (χ1n) is 6.81. The number of nitrogens with zero attached hydrogens (tertiary/aromatic N) is 2. The second-order valence-corrected chi connectivity index (χ2v) is 5.45. The van der Waals surface area contributed by atoms with Crippen LogP contribution >= 0.6 is 15.9 Å². The lowest BCUT2D eigenvalue weighted by Gasteiger charge is -2.10. The highest BCUT2D eigenvalue weighted by atomic mass is 79.9. The van der Waals surface area contributed by atoms with Gasteiger partial charge in [-0.15, -0.1) is 0 Å². The van der Waals surface area contributed by atoms with Crippen molar-refractivity contribution >= 4 is 27.5 Å². The van der Waals surface area contributed by atoms with Gasteiger partial charge >= 0.3 is 0 Å². The summed E-state index contributed by atoms with van der Waals surface area (Å²) in [5.41, 5.74) is 3.74. The number of carbonyl (C=O) groups excluding carboxylic acids is 1. The van der Waals surface area contributed by atoms with E-state index < -0.39 is 0 Å². The molecule has 1 N–H and O–H groups in total. The van der Waals surface area contributed by atoms with Crippen LogP contribution in [0, 0.1) is 0 Å². The first kappa shape index (κ1) is 17.0. The molecule has 1 heterocycles. The topological polar surface area (TPSA) is 72.8 Å². The third-order valence-corrected chi connectivity index (χ3v) is 3.36. The van der Waals surface area contributed by atoms with Crippen molar-refractivity contribution in [3.8, 4) is 11.5 Å². The quantitative estimate of drug-likeness (QED) is 0.620. The Morgan fingerprint density at radius 1 is 1.30 bits per heavy atom. The van der Waals surface area contributed by atoms with E-state index in [1.807, 2.05) is 18.2 Å². The Balaban J connectivity index is 1.91. The Morgan fingerprint density at radius 3 is 2.83 bits per heavy atom. The Labute approximate surface area is 142 Å². The fourth-order valence-corrected chi connectivity index (χ4v) is 2.06. The van der Waals surface area contributed by atoms with Gasteiger partial charge in [-0.2, -0.15) is 5.10 Å². The molecule has 0 unspecified atom stereocenters. The van der Waals surface area contributed by atoms with Gasteiger partial charge in [0.25, 0.3) is 5.91 Å². The number of ether oxygens (including phenoxy) is 2. The zero-order valence-corrected chi connectivity index (χ0v) is 14.3. The van der Waals surface area contributed by atoms with Gasteiger partial charge in [-0.1, -0.05) is 22.0 Å². The highest BCUT2D eigenvalue weighted by molar-refractivity contribution is 9.10. The summed E-state index contributed by atoms with van der Waals surface area (Å²) < 4.78 is 11.5. The van der Waals surface area contributed by atoms with Crippen molar-refractivity contribution in [2.24, 2.45) is 5.10 Å². The van der Waals surface area contributed by atoms with Crippen LogP contribution < -0.4 is 14.9 Å². The van der Waals surface area contributed by atoms with Crippen LogP contribution in [0.5, 0.6) is 11.5 Å². The van der Waals surface area contributed by atoms with Crippen molar-refractivity contribution < 1.29 is 14.3 Å². The van der Waals surface area contributed by atoms with Crippen LogP contribution in [0.1, 0.15) is 12.6 Å². The monoisotopic (exact) mass is 377 g/mol. The number of nitrogens with one attached hydrogen (secondary N) is 1. The molecule has 7 heteroatoms.